The van der Waals surface area contributed by atoms with Gasteiger partial charge in [0.15, 0.2) is 0 Å². The van der Waals surface area contributed by atoms with Crippen molar-refractivity contribution >= 4 is 5.91 Å². The van der Waals surface area contributed by atoms with Crippen LogP contribution in [0.1, 0.15) is 25.7 Å². The number of para-hydroxylation sites is 1. The van der Waals surface area contributed by atoms with Crippen LogP contribution in [-0.2, 0) is 4.79 Å². The Morgan fingerprint density at radius 1 is 1.21 bits per heavy atom. The molecular weight excluding hydrogens is 242 g/mol. The lowest BCUT2D eigenvalue weighted by atomic mass is 10.2. The van der Waals surface area contributed by atoms with Gasteiger partial charge >= 0.3 is 0 Å². The molecule has 4 nitrogen and oxygen atoms in total. The number of aliphatic hydroxyl groups excluding tert-OH is 1. The number of ether oxygens (including phenoxy) is 1. The minimum Gasteiger partial charge on any atom is -0.491 e. The van der Waals surface area contributed by atoms with Crippen molar-refractivity contribution in [2.24, 2.45) is 0 Å². The third-order valence-corrected chi connectivity index (χ3v) is 3.29. The van der Waals surface area contributed by atoms with Crippen LogP contribution in [0.15, 0.2) is 30.3 Å². The van der Waals surface area contributed by atoms with Crippen LogP contribution in [0.3, 0.4) is 0 Å². The predicted molar refractivity (Wildman–Crippen MR) is 73.0 cm³/mol. The second-order valence-electron chi connectivity index (χ2n) is 4.93. The number of hydrogen-bond donors (Lipinski definition) is 1. The first-order chi connectivity index (χ1) is 9.25. The standard InChI is InChI=1S/C15H21NO3/c17-13(12-19-14-7-3-1-4-8-14)11-16-10-6-2-5-9-15(16)18/h1,3-4,7-8,13,17H,2,5-6,9-12H2. The zero-order valence-electron chi connectivity index (χ0n) is 11.1. The molecule has 1 saturated heterocycles. The number of nitrogens with zero attached hydrogens (tertiary/aromatic N) is 1. The molecule has 1 aromatic rings. The van der Waals surface area contributed by atoms with Crippen LogP contribution in [0, 0.1) is 0 Å². The third kappa shape index (κ3) is 4.56. The Morgan fingerprint density at radius 2 is 2.00 bits per heavy atom. The second kappa shape index (κ2) is 7.14. The fourth-order valence-corrected chi connectivity index (χ4v) is 2.25. The molecule has 104 valence electrons. The first-order valence-electron chi connectivity index (χ1n) is 6.89. The van der Waals surface area contributed by atoms with Gasteiger partial charge in [-0.15, -0.1) is 0 Å². The Labute approximate surface area is 114 Å². The van der Waals surface area contributed by atoms with Gasteiger partial charge in [-0.3, -0.25) is 4.79 Å². The van der Waals surface area contributed by atoms with Gasteiger partial charge in [0, 0.05) is 19.5 Å². The van der Waals surface area contributed by atoms with Gasteiger partial charge in [0.2, 0.25) is 5.91 Å². The van der Waals surface area contributed by atoms with E-state index in [4.69, 9.17) is 4.74 Å². The summed E-state index contributed by atoms with van der Waals surface area (Å²) < 4.78 is 5.49. The molecule has 0 spiro atoms. The van der Waals surface area contributed by atoms with E-state index in [0.29, 0.717) is 13.0 Å². The van der Waals surface area contributed by atoms with Crippen molar-refractivity contribution in [3.63, 3.8) is 0 Å². The van der Waals surface area contributed by atoms with E-state index in [1.165, 1.54) is 0 Å². The van der Waals surface area contributed by atoms with Gasteiger partial charge in [-0.2, -0.15) is 0 Å². The molecule has 1 heterocycles. The number of amides is 1. The highest BCUT2D eigenvalue weighted by Gasteiger charge is 2.19. The number of benzene rings is 1. The maximum Gasteiger partial charge on any atom is 0.222 e. The van der Waals surface area contributed by atoms with Crippen LogP contribution in [0.2, 0.25) is 0 Å². The SMILES string of the molecule is O=C1CCCCCN1CC(O)COc1ccccc1. The summed E-state index contributed by atoms with van der Waals surface area (Å²) in [6, 6.07) is 9.40. The Hall–Kier alpha value is -1.55. The van der Waals surface area contributed by atoms with Crippen molar-refractivity contribution in [1.82, 2.24) is 4.90 Å². The Balaban J connectivity index is 1.77. The van der Waals surface area contributed by atoms with E-state index in [9.17, 15) is 9.90 Å². The summed E-state index contributed by atoms with van der Waals surface area (Å²) in [7, 11) is 0. The third-order valence-electron chi connectivity index (χ3n) is 3.29. The highest BCUT2D eigenvalue weighted by atomic mass is 16.5. The second-order valence-corrected chi connectivity index (χ2v) is 4.93. The summed E-state index contributed by atoms with van der Waals surface area (Å²) in [5, 5.41) is 9.95. The zero-order valence-corrected chi connectivity index (χ0v) is 11.1. The smallest absolute Gasteiger partial charge is 0.222 e. The first-order valence-corrected chi connectivity index (χ1v) is 6.89. The monoisotopic (exact) mass is 263 g/mol. The van der Waals surface area contributed by atoms with E-state index in [2.05, 4.69) is 0 Å². The number of likely N-dealkylation sites (tertiary alicyclic amines) is 1. The molecule has 1 amide bonds. The van der Waals surface area contributed by atoms with Crippen LogP contribution in [0.4, 0.5) is 0 Å². The average Bonchev–Trinajstić information content (AvgIpc) is 2.63. The summed E-state index contributed by atoms with van der Waals surface area (Å²) in [5.41, 5.74) is 0. The van der Waals surface area contributed by atoms with Crippen LogP contribution in [0.5, 0.6) is 5.75 Å². The van der Waals surface area contributed by atoms with Crippen LogP contribution < -0.4 is 4.74 Å². The largest absolute Gasteiger partial charge is 0.491 e. The molecule has 19 heavy (non-hydrogen) atoms. The van der Waals surface area contributed by atoms with Gasteiger partial charge in [-0.1, -0.05) is 24.6 Å². The van der Waals surface area contributed by atoms with Crippen molar-refractivity contribution in [2.75, 3.05) is 19.7 Å². The normalized spacial score (nSPS) is 17.9. The Bertz CT molecular complexity index is 394. The summed E-state index contributed by atoms with van der Waals surface area (Å²) >= 11 is 0. The molecule has 1 unspecified atom stereocenters. The fourth-order valence-electron chi connectivity index (χ4n) is 2.25. The lowest BCUT2D eigenvalue weighted by molar-refractivity contribution is -0.132. The van der Waals surface area contributed by atoms with Crippen molar-refractivity contribution in [1.29, 1.82) is 0 Å². The number of β-amino-alcohol motifs (C(OH)–C–C–N with tert-alkyl or cyclic N) is 1. The fraction of sp³-hybridized carbons (Fsp3) is 0.533. The van der Waals surface area contributed by atoms with E-state index in [1.54, 1.807) is 4.90 Å². The summed E-state index contributed by atoms with van der Waals surface area (Å²) in [5.74, 6) is 0.889. The molecule has 1 aliphatic rings. The highest BCUT2D eigenvalue weighted by Crippen LogP contribution is 2.12. The minimum absolute atomic E-state index is 0.149. The summed E-state index contributed by atoms with van der Waals surface area (Å²) in [4.78, 5) is 13.6. The first kappa shape index (κ1) is 13.9. The molecule has 0 bridgehead atoms. The average molecular weight is 263 g/mol. The van der Waals surface area contributed by atoms with Crippen LogP contribution in [-0.4, -0.2) is 41.7 Å². The predicted octanol–water partition coefficient (Wildman–Crippen LogP) is 1.83. The maximum absolute atomic E-state index is 11.8. The van der Waals surface area contributed by atoms with Crippen LogP contribution >= 0.6 is 0 Å². The molecule has 1 N–H and O–H groups in total. The quantitative estimate of drug-likeness (QED) is 0.881. The van der Waals surface area contributed by atoms with E-state index in [1.807, 2.05) is 30.3 Å². The van der Waals surface area contributed by atoms with E-state index < -0.39 is 6.10 Å². The Morgan fingerprint density at radius 3 is 2.79 bits per heavy atom. The number of carbonyl (C=O) groups is 1. The molecule has 1 aromatic carbocycles. The summed E-state index contributed by atoms with van der Waals surface area (Å²) in [6.07, 6.45) is 3.05. The zero-order chi connectivity index (χ0) is 13.5. The molecule has 1 aliphatic heterocycles. The molecular formula is C15H21NO3. The Kier molecular flexibility index (Phi) is 5.21. The van der Waals surface area contributed by atoms with Crippen LogP contribution in [0.25, 0.3) is 0 Å². The number of aliphatic hydroxyl groups is 1. The van der Waals surface area contributed by atoms with E-state index in [-0.39, 0.29) is 12.5 Å². The summed E-state index contributed by atoms with van der Waals surface area (Å²) in [6.45, 7) is 1.33. The molecule has 0 aromatic heterocycles. The molecule has 1 atom stereocenters. The minimum atomic E-state index is -0.637. The maximum atomic E-state index is 11.8. The number of hydrogen-bond acceptors (Lipinski definition) is 3. The van der Waals surface area contributed by atoms with Gasteiger partial charge < -0.3 is 14.7 Å². The lowest BCUT2D eigenvalue weighted by Crippen LogP contribution is -2.39. The molecule has 0 radical (unpaired) electrons. The molecule has 4 heteroatoms. The van der Waals surface area contributed by atoms with Crippen molar-refractivity contribution in [2.45, 2.75) is 31.8 Å². The molecule has 1 fully saturated rings. The topological polar surface area (TPSA) is 49.8 Å². The van der Waals surface area contributed by atoms with Crippen molar-refractivity contribution < 1.29 is 14.6 Å². The molecule has 0 aliphatic carbocycles. The molecule has 2 rings (SSSR count). The van der Waals surface area contributed by atoms with E-state index >= 15 is 0 Å². The molecule has 0 saturated carbocycles. The highest BCUT2D eigenvalue weighted by molar-refractivity contribution is 5.76. The van der Waals surface area contributed by atoms with Gasteiger partial charge in [-0.05, 0) is 25.0 Å². The van der Waals surface area contributed by atoms with Crippen molar-refractivity contribution in [3.05, 3.63) is 30.3 Å². The lowest BCUT2D eigenvalue weighted by Gasteiger charge is -2.23. The van der Waals surface area contributed by atoms with Crippen molar-refractivity contribution in [3.8, 4) is 5.75 Å². The van der Waals surface area contributed by atoms with Gasteiger partial charge in [0.25, 0.3) is 0 Å². The van der Waals surface area contributed by atoms with Gasteiger partial charge in [0.05, 0.1) is 0 Å². The van der Waals surface area contributed by atoms with Gasteiger partial charge in [-0.25, -0.2) is 0 Å². The van der Waals surface area contributed by atoms with Gasteiger partial charge in [0.1, 0.15) is 18.5 Å². The number of rotatable bonds is 5. The van der Waals surface area contributed by atoms with E-state index in [0.717, 1.165) is 31.6 Å². The number of carbonyl (C=O) groups excluding carboxylic acids is 1.